The van der Waals surface area contributed by atoms with Gasteiger partial charge in [0.2, 0.25) is 0 Å². The monoisotopic (exact) mass is 274 g/mol. The third-order valence-electron chi connectivity index (χ3n) is 3.13. The molecule has 0 unspecified atom stereocenters. The van der Waals surface area contributed by atoms with E-state index in [-0.39, 0.29) is 0 Å². The van der Waals surface area contributed by atoms with Crippen LogP contribution >= 0.6 is 0 Å². The summed E-state index contributed by atoms with van der Waals surface area (Å²) in [6.45, 7) is 3.73. The van der Waals surface area contributed by atoms with Gasteiger partial charge in [0.1, 0.15) is 19.0 Å². The van der Waals surface area contributed by atoms with Crippen LogP contribution in [0, 0.1) is 0 Å². The average molecular weight is 274 g/mol. The number of carboxylic acid groups (broad SMARTS) is 1. The molecule has 2 heterocycles. The first-order valence-electron chi connectivity index (χ1n) is 6.40. The lowest BCUT2D eigenvalue weighted by Gasteiger charge is -2.18. The van der Waals surface area contributed by atoms with E-state index in [9.17, 15) is 4.79 Å². The number of carbonyl (C=O) groups is 1. The van der Waals surface area contributed by atoms with Crippen molar-refractivity contribution in [3.8, 4) is 11.5 Å². The molecule has 0 radical (unpaired) electrons. The Kier molecular flexibility index (Phi) is 3.06. The van der Waals surface area contributed by atoms with Gasteiger partial charge in [0, 0.05) is 24.8 Å². The second-order valence-electron chi connectivity index (χ2n) is 4.37. The van der Waals surface area contributed by atoms with E-state index in [1.165, 1.54) is 6.08 Å². The van der Waals surface area contributed by atoms with Crippen molar-refractivity contribution < 1.29 is 19.4 Å². The van der Waals surface area contributed by atoms with E-state index in [1.54, 1.807) is 0 Å². The zero-order valence-corrected chi connectivity index (χ0v) is 11.0. The number of hydrogen-bond acceptors (Lipinski definition) is 4. The largest absolute Gasteiger partial charge is 0.486 e. The highest BCUT2D eigenvalue weighted by atomic mass is 16.6. The molecule has 0 atom stereocenters. The van der Waals surface area contributed by atoms with Gasteiger partial charge < -0.3 is 19.1 Å². The fourth-order valence-corrected chi connectivity index (χ4v) is 2.29. The van der Waals surface area contributed by atoms with Crippen LogP contribution in [0.3, 0.4) is 0 Å². The molecule has 1 N–H and O–H groups in total. The maximum atomic E-state index is 10.6. The molecule has 0 aliphatic carbocycles. The topological polar surface area (TPSA) is 73.6 Å². The summed E-state index contributed by atoms with van der Waals surface area (Å²) in [5, 5.41) is 8.72. The Bertz CT molecular complexity index is 703. The Labute approximate surface area is 115 Å². The SMILES string of the molecule is CCn1c(/C=C/C(=O)O)nc2cc3c(cc21)OCCO3. The number of aryl methyl sites for hydroxylation is 1. The van der Waals surface area contributed by atoms with E-state index in [0.29, 0.717) is 37.1 Å². The second-order valence-corrected chi connectivity index (χ2v) is 4.37. The first-order chi connectivity index (χ1) is 9.69. The van der Waals surface area contributed by atoms with Crippen LogP contribution in [-0.4, -0.2) is 33.8 Å². The lowest BCUT2D eigenvalue weighted by Crippen LogP contribution is -2.15. The summed E-state index contributed by atoms with van der Waals surface area (Å²) < 4.78 is 13.0. The molecule has 0 fully saturated rings. The lowest BCUT2D eigenvalue weighted by molar-refractivity contribution is -0.131. The zero-order valence-electron chi connectivity index (χ0n) is 11.0. The number of benzene rings is 1. The molecule has 0 spiro atoms. The highest BCUT2D eigenvalue weighted by molar-refractivity contribution is 5.87. The van der Waals surface area contributed by atoms with Gasteiger partial charge in [0.05, 0.1) is 11.0 Å². The van der Waals surface area contributed by atoms with Crippen molar-refractivity contribution in [3.05, 3.63) is 24.0 Å². The summed E-state index contributed by atoms with van der Waals surface area (Å²) in [5.41, 5.74) is 1.67. The molecular weight excluding hydrogens is 260 g/mol. The summed E-state index contributed by atoms with van der Waals surface area (Å²) in [7, 11) is 0. The van der Waals surface area contributed by atoms with Gasteiger partial charge in [-0.2, -0.15) is 0 Å². The van der Waals surface area contributed by atoms with Crippen LogP contribution < -0.4 is 9.47 Å². The number of imidazole rings is 1. The molecule has 104 valence electrons. The molecule has 20 heavy (non-hydrogen) atoms. The summed E-state index contributed by atoms with van der Waals surface area (Å²) in [6, 6.07) is 3.71. The first-order valence-corrected chi connectivity index (χ1v) is 6.40. The molecule has 0 bridgehead atoms. The van der Waals surface area contributed by atoms with Gasteiger partial charge in [0.15, 0.2) is 11.5 Å². The van der Waals surface area contributed by atoms with Gasteiger partial charge in [0.25, 0.3) is 0 Å². The minimum atomic E-state index is -0.995. The quantitative estimate of drug-likeness (QED) is 0.866. The van der Waals surface area contributed by atoms with Crippen LogP contribution in [0.15, 0.2) is 18.2 Å². The summed E-state index contributed by atoms with van der Waals surface area (Å²) in [6.07, 6.45) is 2.58. The van der Waals surface area contributed by atoms with E-state index in [2.05, 4.69) is 4.98 Å². The van der Waals surface area contributed by atoms with E-state index >= 15 is 0 Å². The Morgan fingerprint density at radius 3 is 2.75 bits per heavy atom. The number of aromatic nitrogens is 2. The average Bonchev–Trinajstić information content (AvgIpc) is 2.79. The standard InChI is InChI=1S/C14H14N2O4/c1-2-16-10-8-12-11(19-5-6-20-12)7-9(10)15-13(16)3-4-14(17)18/h3-4,7-8H,2,5-6H2,1H3,(H,17,18)/b4-3+. The van der Waals surface area contributed by atoms with Gasteiger partial charge in [-0.1, -0.05) is 0 Å². The normalized spacial score (nSPS) is 14.1. The number of hydrogen-bond donors (Lipinski definition) is 1. The Balaban J connectivity index is 2.15. The van der Waals surface area contributed by atoms with Crippen molar-refractivity contribution in [2.75, 3.05) is 13.2 Å². The van der Waals surface area contributed by atoms with Gasteiger partial charge in [-0.3, -0.25) is 0 Å². The molecule has 1 aromatic heterocycles. The number of fused-ring (bicyclic) bond motifs is 2. The highest BCUT2D eigenvalue weighted by Gasteiger charge is 2.16. The summed E-state index contributed by atoms with van der Waals surface area (Å²) in [4.78, 5) is 15.1. The van der Waals surface area contributed by atoms with Crippen LogP contribution in [-0.2, 0) is 11.3 Å². The van der Waals surface area contributed by atoms with E-state index in [0.717, 1.165) is 17.1 Å². The smallest absolute Gasteiger partial charge is 0.328 e. The van der Waals surface area contributed by atoms with E-state index in [4.69, 9.17) is 14.6 Å². The van der Waals surface area contributed by atoms with E-state index in [1.807, 2.05) is 23.6 Å². The van der Waals surface area contributed by atoms with Crippen LogP contribution in [0.1, 0.15) is 12.7 Å². The minimum absolute atomic E-state index is 0.527. The van der Waals surface area contributed by atoms with Crippen molar-refractivity contribution in [2.24, 2.45) is 0 Å². The van der Waals surface area contributed by atoms with Gasteiger partial charge in [-0.05, 0) is 13.0 Å². The Hall–Kier alpha value is -2.50. The van der Waals surface area contributed by atoms with E-state index < -0.39 is 5.97 Å². The van der Waals surface area contributed by atoms with Gasteiger partial charge >= 0.3 is 5.97 Å². The summed E-state index contributed by atoms with van der Waals surface area (Å²) in [5.74, 6) is 0.989. The number of carboxylic acids is 1. The Morgan fingerprint density at radius 1 is 1.40 bits per heavy atom. The molecule has 0 saturated heterocycles. The van der Waals surface area contributed by atoms with Crippen LogP contribution in [0.5, 0.6) is 11.5 Å². The molecule has 1 aliphatic rings. The van der Waals surface area contributed by atoms with Crippen LogP contribution in [0.2, 0.25) is 0 Å². The first kappa shape index (κ1) is 12.5. The summed E-state index contributed by atoms with van der Waals surface area (Å²) >= 11 is 0. The molecule has 0 amide bonds. The number of aliphatic carboxylic acids is 1. The minimum Gasteiger partial charge on any atom is -0.486 e. The van der Waals surface area contributed by atoms with Crippen LogP contribution in [0.4, 0.5) is 0 Å². The number of rotatable bonds is 3. The lowest BCUT2D eigenvalue weighted by atomic mass is 10.2. The maximum Gasteiger partial charge on any atom is 0.328 e. The van der Waals surface area contributed by atoms with Crippen molar-refractivity contribution >= 4 is 23.1 Å². The zero-order chi connectivity index (χ0) is 14.1. The molecule has 1 aliphatic heterocycles. The number of ether oxygens (including phenoxy) is 2. The molecule has 1 aromatic carbocycles. The van der Waals surface area contributed by atoms with Crippen molar-refractivity contribution in [3.63, 3.8) is 0 Å². The van der Waals surface area contributed by atoms with Crippen molar-refractivity contribution in [1.82, 2.24) is 9.55 Å². The molecular formula is C14H14N2O4. The Morgan fingerprint density at radius 2 is 2.10 bits per heavy atom. The molecule has 6 nitrogen and oxygen atoms in total. The maximum absolute atomic E-state index is 10.6. The second kappa shape index (κ2) is 4.88. The molecule has 6 heteroatoms. The molecule has 0 saturated carbocycles. The predicted octanol–water partition coefficient (Wildman–Crippen LogP) is 1.93. The highest BCUT2D eigenvalue weighted by Crippen LogP contribution is 2.34. The van der Waals surface area contributed by atoms with Gasteiger partial charge in [-0.15, -0.1) is 0 Å². The fourth-order valence-electron chi connectivity index (χ4n) is 2.29. The predicted molar refractivity (Wildman–Crippen MR) is 73.1 cm³/mol. The fraction of sp³-hybridized carbons (Fsp3) is 0.286. The molecule has 2 aromatic rings. The van der Waals surface area contributed by atoms with Crippen molar-refractivity contribution in [1.29, 1.82) is 0 Å². The molecule has 3 rings (SSSR count). The van der Waals surface area contributed by atoms with Crippen molar-refractivity contribution in [2.45, 2.75) is 13.5 Å². The number of nitrogens with zero attached hydrogens (tertiary/aromatic N) is 2. The van der Waals surface area contributed by atoms with Gasteiger partial charge in [-0.25, -0.2) is 9.78 Å². The third kappa shape index (κ3) is 2.09. The third-order valence-corrected chi connectivity index (χ3v) is 3.13. The van der Waals surface area contributed by atoms with Crippen LogP contribution in [0.25, 0.3) is 17.1 Å².